The van der Waals surface area contributed by atoms with Crippen LogP contribution in [0.15, 0.2) is 53.7 Å². The second-order valence-corrected chi connectivity index (χ2v) is 9.14. The van der Waals surface area contributed by atoms with Gasteiger partial charge in [-0.1, -0.05) is 55.4 Å². The molecule has 1 unspecified atom stereocenters. The number of aryl methyl sites for hydroxylation is 1. The van der Waals surface area contributed by atoms with Crippen molar-refractivity contribution in [2.24, 2.45) is 13.0 Å². The van der Waals surface area contributed by atoms with Gasteiger partial charge in [0.2, 0.25) is 5.91 Å². The van der Waals surface area contributed by atoms with Gasteiger partial charge in [0.1, 0.15) is 0 Å². The summed E-state index contributed by atoms with van der Waals surface area (Å²) < 4.78 is 1.82. The SMILES string of the molecule is Cc1cc(Cl)ccc1NC(=O)CSc1nnc(C(NC(=O)c2ccccc2)C(C)C)n1C. The third kappa shape index (κ3) is 5.89. The summed E-state index contributed by atoms with van der Waals surface area (Å²) in [6, 6.07) is 14.1. The van der Waals surface area contributed by atoms with Crippen molar-refractivity contribution in [1.29, 1.82) is 0 Å². The average Bonchev–Trinajstić information content (AvgIpc) is 3.12. The van der Waals surface area contributed by atoms with Crippen LogP contribution in [0, 0.1) is 12.8 Å². The van der Waals surface area contributed by atoms with Gasteiger partial charge in [-0.15, -0.1) is 10.2 Å². The zero-order valence-electron chi connectivity index (χ0n) is 18.4. The maximum absolute atomic E-state index is 12.7. The maximum atomic E-state index is 12.7. The van der Waals surface area contributed by atoms with Crippen LogP contribution < -0.4 is 10.6 Å². The third-order valence-electron chi connectivity index (χ3n) is 4.93. The van der Waals surface area contributed by atoms with E-state index in [4.69, 9.17) is 11.6 Å². The van der Waals surface area contributed by atoms with Gasteiger partial charge in [0.25, 0.3) is 5.91 Å². The van der Waals surface area contributed by atoms with E-state index in [1.807, 2.05) is 50.6 Å². The highest BCUT2D eigenvalue weighted by atomic mass is 35.5. The van der Waals surface area contributed by atoms with Crippen molar-refractivity contribution in [1.82, 2.24) is 20.1 Å². The number of halogens is 1. The van der Waals surface area contributed by atoms with E-state index in [1.54, 1.807) is 30.3 Å². The predicted molar refractivity (Wildman–Crippen MR) is 128 cm³/mol. The molecule has 7 nitrogen and oxygen atoms in total. The molecule has 1 atom stereocenters. The van der Waals surface area contributed by atoms with Gasteiger partial charge in [-0.3, -0.25) is 9.59 Å². The molecule has 32 heavy (non-hydrogen) atoms. The molecule has 2 N–H and O–H groups in total. The molecule has 0 aliphatic heterocycles. The smallest absolute Gasteiger partial charge is 0.251 e. The van der Waals surface area contributed by atoms with Gasteiger partial charge in [-0.25, -0.2) is 0 Å². The molecule has 0 spiro atoms. The van der Waals surface area contributed by atoms with Crippen molar-refractivity contribution in [3.63, 3.8) is 0 Å². The van der Waals surface area contributed by atoms with Crippen LogP contribution in [0.2, 0.25) is 5.02 Å². The van der Waals surface area contributed by atoms with Crippen molar-refractivity contribution in [2.45, 2.75) is 32.0 Å². The molecule has 0 aliphatic rings. The summed E-state index contributed by atoms with van der Waals surface area (Å²) in [5.74, 6) is 0.596. The normalized spacial score (nSPS) is 11.9. The highest BCUT2D eigenvalue weighted by molar-refractivity contribution is 7.99. The van der Waals surface area contributed by atoms with E-state index in [0.29, 0.717) is 21.6 Å². The third-order valence-corrected chi connectivity index (χ3v) is 6.19. The van der Waals surface area contributed by atoms with Crippen molar-refractivity contribution < 1.29 is 9.59 Å². The van der Waals surface area contributed by atoms with Crippen LogP contribution in [-0.2, 0) is 11.8 Å². The zero-order valence-corrected chi connectivity index (χ0v) is 20.0. The van der Waals surface area contributed by atoms with E-state index in [-0.39, 0.29) is 29.5 Å². The molecule has 0 radical (unpaired) electrons. The Kier molecular flexibility index (Phi) is 7.93. The Morgan fingerprint density at radius 1 is 1.12 bits per heavy atom. The summed E-state index contributed by atoms with van der Waals surface area (Å²) in [6.45, 7) is 5.91. The minimum Gasteiger partial charge on any atom is -0.342 e. The number of hydrogen-bond donors (Lipinski definition) is 2. The van der Waals surface area contributed by atoms with E-state index in [9.17, 15) is 9.59 Å². The number of benzene rings is 2. The van der Waals surface area contributed by atoms with Crippen LogP contribution in [0.3, 0.4) is 0 Å². The number of anilines is 1. The monoisotopic (exact) mass is 471 g/mol. The molecule has 9 heteroatoms. The molecule has 0 fully saturated rings. The number of rotatable bonds is 8. The molecular formula is C23H26ClN5O2S. The Bertz CT molecular complexity index is 1100. The number of nitrogens with zero attached hydrogens (tertiary/aromatic N) is 3. The first-order valence-corrected chi connectivity index (χ1v) is 11.6. The van der Waals surface area contributed by atoms with Crippen LogP contribution >= 0.6 is 23.4 Å². The fraction of sp³-hybridized carbons (Fsp3) is 0.304. The molecule has 3 rings (SSSR count). The molecule has 1 aromatic heterocycles. The van der Waals surface area contributed by atoms with Crippen LogP contribution in [-0.4, -0.2) is 32.3 Å². The second kappa shape index (κ2) is 10.7. The lowest BCUT2D eigenvalue weighted by Gasteiger charge is -2.21. The topological polar surface area (TPSA) is 88.9 Å². The number of hydrogen-bond acceptors (Lipinski definition) is 5. The van der Waals surface area contributed by atoms with Crippen molar-refractivity contribution in [3.05, 3.63) is 70.5 Å². The molecule has 2 amide bonds. The molecular weight excluding hydrogens is 446 g/mol. The summed E-state index contributed by atoms with van der Waals surface area (Å²) in [6.07, 6.45) is 0. The number of carbonyl (C=O) groups is 2. The van der Waals surface area contributed by atoms with Gasteiger partial charge in [-0.05, 0) is 48.7 Å². The zero-order chi connectivity index (χ0) is 23.3. The van der Waals surface area contributed by atoms with Gasteiger partial charge < -0.3 is 15.2 Å². The van der Waals surface area contributed by atoms with E-state index >= 15 is 0 Å². The van der Waals surface area contributed by atoms with Crippen LogP contribution in [0.25, 0.3) is 0 Å². The van der Waals surface area contributed by atoms with E-state index in [0.717, 1.165) is 11.3 Å². The summed E-state index contributed by atoms with van der Waals surface area (Å²) in [5, 5.41) is 15.7. The number of amides is 2. The fourth-order valence-corrected chi connectivity index (χ4v) is 4.09. The maximum Gasteiger partial charge on any atom is 0.251 e. The van der Waals surface area contributed by atoms with Gasteiger partial charge in [0.05, 0.1) is 11.8 Å². The molecule has 0 bridgehead atoms. The standard InChI is InChI=1S/C23H26ClN5O2S/c1-14(2)20(26-22(31)16-8-6-5-7-9-16)21-27-28-23(29(21)4)32-13-19(30)25-18-11-10-17(24)12-15(18)3/h5-12,14,20H,13H2,1-4H3,(H,25,30)(H,26,31). The summed E-state index contributed by atoms with van der Waals surface area (Å²) in [7, 11) is 1.84. The Hall–Kier alpha value is -2.84. The number of aromatic nitrogens is 3. The number of carbonyl (C=O) groups excluding carboxylic acids is 2. The summed E-state index contributed by atoms with van der Waals surface area (Å²) in [5.41, 5.74) is 2.21. The molecule has 0 aliphatic carbocycles. The highest BCUT2D eigenvalue weighted by Crippen LogP contribution is 2.25. The lowest BCUT2D eigenvalue weighted by molar-refractivity contribution is -0.113. The quantitative estimate of drug-likeness (QED) is 0.467. The first-order chi connectivity index (χ1) is 15.3. The minimum atomic E-state index is -0.319. The Morgan fingerprint density at radius 3 is 2.50 bits per heavy atom. The fourth-order valence-electron chi connectivity index (χ4n) is 3.15. The average molecular weight is 472 g/mol. The molecule has 168 valence electrons. The molecule has 0 saturated carbocycles. The van der Waals surface area contributed by atoms with E-state index in [1.165, 1.54) is 11.8 Å². The lowest BCUT2D eigenvalue weighted by Crippen LogP contribution is -2.33. The number of nitrogens with one attached hydrogen (secondary N) is 2. The number of thioether (sulfide) groups is 1. The summed E-state index contributed by atoms with van der Waals surface area (Å²) >= 11 is 7.25. The van der Waals surface area contributed by atoms with Gasteiger partial charge >= 0.3 is 0 Å². The minimum absolute atomic E-state index is 0.0968. The lowest BCUT2D eigenvalue weighted by atomic mass is 10.0. The first-order valence-electron chi connectivity index (χ1n) is 10.2. The Balaban J connectivity index is 1.66. The van der Waals surface area contributed by atoms with Gasteiger partial charge in [-0.2, -0.15) is 0 Å². The van der Waals surface area contributed by atoms with Gasteiger partial charge in [0, 0.05) is 23.3 Å². The first kappa shape index (κ1) is 23.8. The molecule has 1 heterocycles. The predicted octanol–water partition coefficient (Wildman–Crippen LogP) is 4.63. The molecule has 0 saturated heterocycles. The van der Waals surface area contributed by atoms with Crippen molar-refractivity contribution >= 4 is 40.9 Å². The summed E-state index contributed by atoms with van der Waals surface area (Å²) in [4.78, 5) is 25.1. The highest BCUT2D eigenvalue weighted by Gasteiger charge is 2.25. The van der Waals surface area contributed by atoms with Crippen LogP contribution in [0.1, 0.15) is 41.6 Å². The molecule has 3 aromatic rings. The largest absolute Gasteiger partial charge is 0.342 e. The van der Waals surface area contributed by atoms with Crippen LogP contribution in [0.4, 0.5) is 5.69 Å². The van der Waals surface area contributed by atoms with Crippen LogP contribution in [0.5, 0.6) is 0 Å². The van der Waals surface area contributed by atoms with Crippen molar-refractivity contribution in [2.75, 3.05) is 11.1 Å². The van der Waals surface area contributed by atoms with Gasteiger partial charge in [0.15, 0.2) is 11.0 Å². The second-order valence-electron chi connectivity index (χ2n) is 7.76. The van der Waals surface area contributed by atoms with E-state index < -0.39 is 0 Å². The Labute approximate surface area is 197 Å². The van der Waals surface area contributed by atoms with Crippen molar-refractivity contribution in [3.8, 4) is 0 Å². The van der Waals surface area contributed by atoms with E-state index in [2.05, 4.69) is 20.8 Å². The Morgan fingerprint density at radius 2 is 1.84 bits per heavy atom. The molecule has 2 aromatic carbocycles.